The Morgan fingerprint density at radius 3 is 1.68 bits per heavy atom. The van der Waals surface area contributed by atoms with Crippen LogP contribution in [0.2, 0.25) is 0 Å². The second-order valence-electron chi connectivity index (χ2n) is 9.34. The first-order chi connectivity index (χ1) is 18.0. The monoisotopic (exact) mass is 491 g/mol. The maximum atomic E-state index is 4.55. The summed E-state index contributed by atoms with van der Waals surface area (Å²) in [7, 11) is 0. The lowest BCUT2D eigenvalue weighted by Crippen LogP contribution is -2.04. The first-order valence-electron chi connectivity index (χ1n) is 12.5. The average molecular weight is 492 g/mol. The van der Waals surface area contributed by atoms with Crippen molar-refractivity contribution >= 4 is 35.7 Å². The fourth-order valence-electron chi connectivity index (χ4n) is 3.56. The Hall–Kier alpha value is -4.52. The Bertz CT molecular complexity index is 1250. The number of para-hydroxylation sites is 1. The maximum absolute atomic E-state index is 4.55. The molecule has 0 saturated carbocycles. The Morgan fingerprint density at radius 1 is 0.622 bits per heavy atom. The van der Waals surface area contributed by atoms with Crippen molar-refractivity contribution in [2.24, 2.45) is 10.2 Å². The summed E-state index contributed by atoms with van der Waals surface area (Å²) in [6.07, 6.45) is 3.51. The summed E-state index contributed by atoms with van der Waals surface area (Å²) in [5.74, 6) is 2.47. The lowest BCUT2D eigenvalue weighted by molar-refractivity contribution is 0.866. The Balaban J connectivity index is 1.49. The van der Waals surface area contributed by atoms with Gasteiger partial charge in [-0.1, -0.05) is 94.4 Å². The van der Waals surface area contributed by atoms with E-state index in [-0.39, 0.29) is 0 Å². The molecule has 1 heterocycles. The molecule has 0 spiro atoms. The molecule has 4 rings (SSSR count). The van der Waals surface area contributed by atoms with Crippen molar-refractivity contribution in [1.29, 1.82) is 0 Å². The lowest BCUT2D eigenvalue weighted by Gasteiger charge is -2.09. The van der Waals surface area contributed by atoms with E-state index in [9.17, 15) is 0 Å². The third-order valence-corrected chi connectivity index (χ3v) is 5.75. The average Bonchev–Trinajstić information content (AvgIpc) is 2.90. The van der Waals surface area contributed by atoms with Crippen LogP contribution >= 0.6 is 0 Å². The highest BCUT2D eigenvalue weighted by molar-refractivity contribution is 5.81. The number of hydrogen-bond acceptors (Lipinski definition) is 7. The number of nitrogens with zero attached hydrogens (tertiary/aromatic N) is 4. The second kappa shape index (κ2) is 12.4. The summed E-state index contributed by atoms with van der Waals surface area (Å²) in [6.45, 7) is 8.71. The topological polar surface area (TPSA) is 86.6 Å². The zero-order valence-electron chi connectivity index (χ0n) is 21.7. The lowest BCUT2D eigenvalue weighted by atomic mass is 10.0. The minimum absolute atomic E-state index is 0.343. The van der Waals surface area contributed by atoms with Crippen LogP contribution in [0.15, 0.2) is 95.1 Å². The van der Waals surface area contributed by atoms with Crippen LogP contribution in [0.5, 0.6) is 0 Å². The summed E-state index contributed by atoms with van der Waals surface area (Å²) >= 11 is 0. The molecule has 188 valence electrons. The van der Waals surface area contributed by atoms with Crippen LogP contribution < -0.4 is 16.2 Å². The highest BCUT2D eigenvalue weighted by atomic mass is 15.4. The number of aromatic nitrogens is 2. The van der Waals surface area contributed by atoms with Crippen LogP contribution in [0.4, 0.5) is 23.3 Å². The van der Waals surface area contributed by atoms with Crippen LogP contribution in [0.25, 0.3) is 0 Å². The van der Waals surface area contributed by atoms with Gasteiger partial charge in [0.25, 0.3) is 0 Å². The van der Waals surface area contributed by atoms with E-state index in [2.05, 4.69) is 100 Å². The number of rotatable bonds is 10. The first-order valence-corrected chi connectivity index (χ1v) is 12.5. The highest BCUT2D eigenvalue weighted by Crippen LogP contribution is 2.20. The van der Waals surface area contributed by atoms with Gasteiger partial charge in [0, 0.05) is 11.8 Å². The number of hydrogen-bond donors (Lipinski definition) is 3. The van der Waals surface area contributed by atoms with Crippen molar-refractivity contribution in [3.63, 3.8) is 0 Å². The van der Waals surface area contributed by atoms with Gasteiger partial charge in [0.2, 0.25) is 5.95 Å². The molecule has 1 aromatic heterocycles. The zero-order chi connectivity index (χ0) is 26.0. The molecule has 0 aliphatic carbocycles. The van der Waals surface area contributed by atoms with Crippen LogP contribution in [-0.4, -0.2) is 22.4 Å². The molecule has 3 N–H and O–H groups in total. The molecular formula is C30H33N7. The highest BCUT2D eigenvalue weighted by Gasteiger charge is 2.05. The van der Waals surface area contributed by atoms with E-state index in [0.29, 0.717) is 29.4 Å². The smallest absolute Gasteiger partial charge is 0.247 e. The molecule has 0 amide bonds. The van der Waals surface area contributed by atoms with E-state index in [0.717, 1.165) is 16.8 Å². The van der Waals surface area contributed by atoms with Crippen molar-refractivity contribution in [2.45, 2.75) is 39.5 Å². The van der Waals surface area contributed by atoms with E-state index in [4.69, 9.17) is 0 Å². The Morgan fingerprint density at radius 2 is 1.14 bits per heavy atom. The third kappa shape index (κ3) is 7.73. The zero-order valence-corrected chi connectivity index (χ0v) is 21.7. The van der Waals surface area contributed by atoms with Crippen LogP contribution in [0.1, 0.15) is 61.8 Å². The van der Waals surface area contributed by atoms with Gasteiger partial charge in [0.05, 0.1) is 12.4 Å². The van der Waals surface area contributed by atoms with E-state index in [1.807, 2.05) is 42.5 Å². The van der Waals surface area contributed by atoms with E-state index >= 15 is 0 Å². The van der Waals surface area contributed by atoms with Crippen molar-refractivity contribution in [3.05, 3.63) is 107 Å². The molecule has 37 heavy (non-hydrogen) atoms. The van der Waals surface area contributed by atoms with Crippen molar-refractivity contribution in [3.8, 4) is 0 Å². The van der Waals surface area contributed by atoms with Gasteiger partial charge in [0.1, 0.15) is 5.82 Å². The van der Waals surface area contributed by atoms with Gasteiger partial charge < -0.3 is 5.32 Å². The molecule has 7 heteroatoms. The van der Waals surface area contributed by atoms with Crippen LogP contribution in [-0.2, 0) is 0 Å². The number of anilines is 4. The van der Waals surface area contributed by atoms with Gasteiger partial charge in [0.15, 0.2) is 5.82 Å². The van der Waals surface area contributed by atoms with Crippen LogP contribution in [0.3, 0.4) is 0 Å². The fourth-order valence-corrected chi connectivity index (χ4v) is 3.56. The molecule has 0 fully saturated rings. The minimum Gasteiger partial charge on any atom is -0.340 e. The summed E-state index contributed by atoms with van der Waals surface area (Å²) in [4.78, 5) is 9.06. The second-order valence-corrected chi connectivity index (χ2v) is 9.34. The van der Waals surface area contributed by atoms with Gasteiger partial charge in [-0.15, -0.1) is 0 Å². The molecule has 0 unspecified atom stereocenters. The molecular weight excluding hydrogens is 458 g/mol. The standard InChI is InChI=1S/C30H33N7/c1-21(2)25-14-10-23(11-15-25)19-31-36-29-18-28(33-27-8-6-5-7-9-27)34-30(35-29)37-32-20-24-12-16-26(17-13-24)22(3)4/h5-22H,1-4H3,(H3,33,34,35,36,37). The number of nitrogens with one attached hydrogen (secondary N) is 3. The maximum Gasteiger partial charge on any atom is 0.247 e. The molecule has 0 aliphatic rings. The minimum atomic E-state index is 0.343. The van der Waals surface area contributed by atoms with E-state index in [1.165, 1.54) is 11.1 Å². The quantitative estimate of drug-likeness (QED) is 0.159. The summed E-state index contributed by atoms with van der Waals surface area (Å²) in [6, 6.07) is 28.3. The molecule has 0 radical (unpaired) electrons. The van der Waals surface area contributed by atoms with Crippen molar-refractivity contribution in [1.82, 2.24) is 9.97 Å². The first kappa shape index (κ1) is 25.6. The Kier molecular flexibility index (Phi) is 8.60. The van der Waals surface area contributed by atoms with Gasteiger partial charge in [-0.05, 0) is 46.2 Å². The number of hydrazone groups is 2. The molecule has 7 nitrogen and oxygen atoms in total. The SMILES string of the molecule is CC(C)c1ccc(C=NNc2cc(Nc3ccccc3)nc(NN=Cc3ccc(C(C)C)cc3)n2)cc1. The predicted molar refractivity (Wildman–Crippen MR) is 155 cm³/mol. The summed E-state index contributed by atoms with van der Waals surface area (Å²) in [5, 5.41) is 12.0. The summed E-state index contributed by atoms with van der Waals surface area (Å²) < 4.78 is 0. The van der Waals surface area contributed by atoms with E-state index in [1.54, 1.807) is 18.5 Å². The predicted octanol–water partition coefficient (Wildman–Crippen LogP) is 7.36. The molecule has 0 aliphatic heterocycles. The van der Waals surface area contributed by atoms with Gasteiger partial charge in [-0.3, -0.25) is 5.43 Å². The van der Waals surface area contributed by atoms with Gasteiger partial charge in [-0.2, -0.15) is 20.2 Å². The molecule has 4 aromatic rings. The van der Waals surface area contributed by atoms with Crippen molar-refractivity contribution < 1.29 is 0 Å². The largest absolute Gasteiger partial charge is 0.340 e. The normalized spacial score (nSPS) is 11.5. The molecule has 0 bridgehead atoms. The number of benzene rings is 3. The van der Waals surface area contributed by atoms with Crippen LogP contribution in [0, 0.1) is 0 Å². The van der Waals surface area contributed by atoms with Crippen molar-refractivity contribution in [2.75, 3.05) is 16.2 Å². The van der Waals surface area contributed by atoms with Gasteiger partial charge in [-0.25, -0.2) is 5.43 Å². The summed E-state index contributed by atoms with van der Waals surface area (Å²) in [5.41, 5.74) is 11.4. The Labute approximate surface area is 218 Å². The molecule has 3 aromatic carbocycles. The molecule has 0 atom stereocenters. The molecule has 0 saturated heterocycles. The third-order valence-electron chi connectivity index (χ3n) is 5.75. The van der Waals surface area contributed by atoms with E-state index < -0.39 is 0 Å². The fraction of sp³-hybridized carbons (Fsp3) is 0.200. The van der Waals surface area contributed by atoms with Gasteiger partial charge >= 0.3 is 0 Å².